The average Bonchev–Trinajstić information content (AvgIpc) is 2.75. The molecule has 1 amide bonds. The Bertz CT molecular complexity index is 989. The van der Waals surface area contributed by atoms with Crippen LogP contribution in [-0.4, -0.2) is 30.5 Å². The van der Waals surface area contributed by atoms with Gasteiger partial charge < -0.3 is 15.4 Å². The second kappa shape index (κ2) is 9.45. The first-order valence-corrected chi connectivity index (χ1v) is 8.99. The number of aromatic nitrogens is 1. The largest absolute Gasteiger partial charge is 0.465 e. The van der Waals surface area contributed by atoms with Crippen LogP contribution >= 0.6 is 0 Å². The van der Waals surface area contributed by atoms with Gasteiger partial charge in [-0.3, -0.25) is 4.79 Å². The van der Waals surface area contributed by atoms with E-state index >= 15 is 0 Å². The summed E-state index contributed by atoms with van der Waals surface area (Å²) in [6.45, 7) is 0.596. The number of esters is 1. The van der Waals surface area contributed by atoms with Crippen molar-refractivity contribution in [2.45, 2.75) is 6.42 Å². The van der Waals surface area contributed by atoms with Crippen LogP contribution in [0.3, 0.4) is 0 Å². The Labute approximate surface area is 167 Å². The van der Waals surface area contributed by atoms with E-state index in [2.05, 4.69) is 20.4 Å². The van der Waals surface area contributed by atoms with Gasteiger partial charge in [0.05, 0.1) is 12.7 Å². The third-order valence-corrected chi connectivity index (χ3v) is 4.22. The summed E-state index contributed by atoms with van der Waals surface area (Å²) < 4.78 is 17.6. The zero-order valence-corrected chi connectivity index (χ0v) is 15.8. The van der Waals surface area contributed by atoms with E-state index in [4.69, 9.17) is 0 Å². The number of amides is 1. The number of anilines is 2. The first-order chi connectivity index (χ1) is 14.0. The van der Waals surface area contributed by atoms with Crippen molar-refractivity contribution in [2.24, 2.45) is 0 Å². The lowest BCUT2D eigenvalue weighted by Gasteiger charge is -2.09. The topological polar surface area (TPSA) is 80.3 Å². The number of nitrogens with one attached hydrogen (secondary N) is 2. The van der Waals surface area contributed by atoms with Crippen LogP contribution in [0, 0.1) is 5.82 Å². The number of halogens is 1. The fraction of sp³-hybridized carbons (Fsp3) is 0.136. The lowest BCUT2D eigenvalue weighted by Crippen LogP contribution is -2.13. The van der Waals surface area contributed by atoms with Crippen molar-refractivity contribution in [3.05, 3.63) is 89.4 Å². The maximum Gasteiger partial charge on any atom is 0.337 e. The molecule has 6 nitrogen and oxygen atoms in total. The third kappa shape index (κ3) is 5.62. The molecular weight excluding hydrogens is 373 g/mol. The zero-order valence-electron chi connectivity index (χ0n) is 15.8. The number of nitrogens with zero attached hydrogens (tertiary/aromatic N) is 1. The number of ether oxygens (including phenoxy) is 1. The molecule has 3 aromatic rings. The number of benzene rings is 2. The number of pyridine rings is 1. The Morgan fingerprint density at radius 3 is 2.41 bits per heavy atom. The molecule has 1 aromatic heterocycles. The molecule has 0 radical (unpaired) electrons. The molecule has 2 aromatic carbocycles. The maximum absolute atomic E-state index is 12.9. The minimum absolute atomic E-state index is 0.262. The van der Waals surface area contributed by atoms with Gasteiger partial charge in [-0.15, -0.1) is 0 Å². The summed E-state index contributed by atoms with van der Waals surface area (Å²) in [5, 5.41) is 5.93. The normalized spacial score (nSPS) is 10.3. The lowest BCUT2D eigenvalue weighted by atomic mass is 10.1. The SMILES string of the molecule is COC(=O)c1ccc(NC(=O)c2ccnc(NCCc3ccc(F)cc3)c2)cc1. The highest BCUT2D eigenvalue weighted by atomic mass is 19.1. The van der Waals surface area contributed by atoms with Gasteiger partial charge in [-0.05, 0) is 60.5 Å². The summed E-state index contributed by atoms with van der Waals surface area (Å²) in [5.74, 6) is -0.420. The number of hydrogen-bond acceptors (Lipinski definition) is 5. The van der Waals surface area contributed by atoms with Crippen LogP contribution in [0.1, 0.15) is 26.3 Å². The van der Waals surface area contributed by atoms with Crippen LogP contribution < -0.4 is 10.6 Å². The second-order valence-electron chi connectivity index (χ2n) is 6.26. The molecule has 0 fully saturated rings. The van der Waals surface area contributed by atoms with Crippen molar-refractivity contribution in [2.75, 3.05) is 24.3 Å². The van der Waals surface area contributed by atoms with Crippen molar-refractivity contribution in [3.63, 3.8) is 0 Å². The molecule has 1 heterocycles. The van der Waals surface area contributed by atoms with Gasteiger partial charge in [0.2, 0.25) is 0 Å². The van der Waals surface area contributed by atoms with E-state index in [0.29, 0.717) is 35.6 Å². The Hall–Kier alpha value is -3.74. The summed E-state index contributed by atoms with van der Waals surface area (Å²) in [6.07, 6.45) is 2.25. The van der Waals surface area contributed by atoms with Gasteiger partial charge in [0, 0.05) is 24.0 Å². The molecule has 0 unspecified atom stereocenters. The van der Waals surface area contributed by atoms with Gasteiger partial charge in [-0.1, -0.05) is 12.1 Å². The molecule has 3 rings (SSSR count). The number of carbonyl (C=O) groups is 2. The molecule has 0 atom stereocenters. The molecule has 0 aliphatic heterocycles. The van der Waals surface area contributed by atoms with Gasteiger partial charge in [-0.2, -0.15) is 0 Å². The van der Waals surface area contributed by atoms with Crippen molar-refractivity contribution in [1.29, 1.82) is 0 Å². The predicted molar refractivity (Wildman–Crippen MR) is 109 cm³/mol. The molecular formula is C22H20FN3O3. The Morgan fingerprint density at radius 1 is 1.00 bits per heavy atom. The summed E-state index contributed by atoms with van der Waals surface area (Å²) in [5.41, 5.74) is 2.41. The van der Waals surface area contributed by atoms with Crippen molar-refractivity contribution in [1.82, 2.24) is 4.98 Å². The summed E-state index contributed by atoms with van der Waals surface area (Å²) >= 11 is 0. The Kier molecular flexibility index (Phi) is 6.52. The standard InChI is InChI=1S/C22H20FN3O3/c1-29-22(28)16-4-8-19(9-5-16)26-21(27)17-11-13-25-20(14-17)24-12-10-15-2-6-18(23)7-3-15/h2-9,11,13-14H,10,12H2,1H3,(H,24,25)(H,26,27). The van der Waals surface area contributed by atoms with E-state index in [-0.39, 0.29) is 11.7 Å². The van der Waals surface area contributed by atoms with Gasteiger partial charge >= 0.3 is 5.97 Å². The number of rotatable bonds is 7. The molecule has 7 heteroatoms. The number of hydrogen-bond donors (Lipinski definition) is 2. The smallest absolute Gasteiger partial charge is 0.337 e. The van der Waals surface area contributed by atoms with Crippen LogP contribution in [0.25, 0.3) is 0 Å². The summed E-state index contributed by atoms with van der Waals surface area (Å²) in [7, 11) is 1.31. The first kappa shape index (κ1) is 20.0. The number of methoxy groups -OCH3 is 1. The van der Waals surface area contributed by atoms with E-state index in [1.807, 2.05) is 0 Å². The van der Waals surface area contributed by atoms with Gasteiger partial charge in [0.15, 0.2) is 0 Å². The van der Waals surface area contributed by atoms with E-state index in [9.17, 15) is 14.0 Å². The minimum atomic E-state index is -0.437. The summed E-state index contributed by atoms with van der Waals surface area (Å²) in [4.78, 5) is 28.1. The molecule has 2 N–H and O–H groups in total. The molecule has 148 valence electrons. The van der Waals surface area contributed by atoms with E-state index < -0.39 is 5.97 Å². The fourth-order valence-corrected chi connectivity index (χ4v) is 2.67. The van der Waals surface area contributed by atoms with Crippen LogP contribution in [0.2, 0.25) is 0 Å². The van der Waals surface area contributed by atoms with Crippen LogP contribution in [0.4, 0.5) is 15.9 Å². The van der Waals surface area contributed by atoms with Crippen molar-refractivity contribution in [3.8, 4) is 0 Å². The van der Waals surface area contributed by atoms with Crippen LogP contribution in [-0.2, 0) is 11.2 Å². The summed E-state index contributed by atoms with van der Waals surface area (Å²) in [6, 6.07) is 16.0. The van der Waals surface area contributed by atoms with E-state index in [0.717, 1.165) is 5.56 Å². The number of carbonyl (C=O) groups excluding carboxylic acids is 2. The monoisotopic (exact) mass is 393 g/mol. The van der Waals surface area contributed by atoms with Gasteiger partial charge in [0.1, 0.15) is 11.6 Å². The molecule has 0 bridgehead atoms. The maximum atomic E-state index is 12.9. The van der Waals surface area contributed by atoms with Crippen LogP contribution in [0.5, 0.6) is 0 Å². The third-order valence-electron chi connectivity index (χ3n) is 4.22. The first-order valence-electron chi connectivity index (χ1n) is 8.99. The van der Waals surface area contributed by atoms with Crippen molar-refractivity contribution >= 4 is 23.4 Å². The zero-order chi connectivity index (χ0) is 20.6. The van der Waals surface area contributed by atoms with Crippen molar-refractivity contribution < 1.29 is 18.7 Å². The molecule has 0 saturated carbocycles. The molecule has 0 aliphatic rings. The highest BCUT2D eigenvalue weighted by molar-refractivity contribution is 6.04. The minimum Gasteiger partial charge on any atom is -0.465 e. The molecule has 0 aliphatic carbocycles. The van der Waals surface area contributed by atoms with E-state index in [1.54, 1.807) is 54.7 Å². The lowest BCUT2D eigenvalue weighted by molar-refractivity contribution is 0.0600. The highest BCUT2D eigenvalue weighted by Gasteiger charge is 2.09. The Morgan fingerprint density at radius 2 is 1.72 bits per heavy atom. The molecule has 0 saturated heterocycles. The average molecular weight is 393 g/mol. The second-order valence-corrected chi connectivity index (χ2v) is 6.26. The molecule has 29 heavy (non-hydrogen) atoms. The quantitative estimate of drug-likeness (QED) is 0.595. The van der Waals surface area contributed by atoms with E-state index in [1.165, 1.54) is 19.2 Å². The van der Waals surface area contributed by atoms with Crippen LogP contribution in [0.15, 0.2) is 66.9 Å². The fourth-order valence-electron chi connectivity index (χ4n) is 2.67. The van der Waals surface area contributed by atoms with Gasteiger partial charge in [-0.25, -0.2) is 14.2 Å². The molecule has 0 spiro atoms. The Balaban J connectivity index is 1.57. The van der Waals surface area contributed by atoms with Gasteiger partial charge in [0.25, 0.3) is 5.91 Å². The predicted octanol–water partition coefficient (Wildman–Crippen LogP) is 3.91. The highest BCUT2D eigenvalue weighted by Crippen LogP contribution is 2.14.